The van der Waals surface area contributed by atoms with Gasteiger partial charge in [0.2, 0.25) is 0 Å². The second-order valence-corrected chi connectivity index (χ2v) is 4.96. The summed E-state index contributed by atoms with van der Waals surface area (Å²) in [6.07, 6.45) is 3.29. The Morgan fingerprint density at radius 1 is 1.33 bits per heavy atom. The largest absolute Gasteiger partial charge is 0.398 e. The molecule has 1 aromatic carbocycles. The average Bonchev–Trinajstić information content (AvgIpc) is 3.04. The van der Waals surface area contributed by atoms with Crippen LogP contribution in [0.5, 0.6) is 0 Å². The van der Waals surface area contributed by atoms with Crippen molar-refractivity contribution < 1.29 is 9.18 Å². The van der Waals surface area contributed by atoms with E-state index >= 15 is 0 Å². The molecule has 0 bridgehead atoms. The fraction of sp³-hybridized carbons (Fsp3) is 0.0667. The number of carbonyl (C=O) groups excluding carboxylic acids is 1. The summed E-state index contributed by atoms with van der Waals surface area (Å²) < 4.78 is 15.0. The number of halogens is 1. The van der Waals surface area contributed by atoms with E-state index in [0.717, 1.165) is 16.8 Å². The molecule has 0 fully saturated rings. The van der Waals surface area contributed by atoms with Crippen LogP contribution in [0.4, 0.5) is 10.1 Å². The summed E-state index contributed by atoms with van der Waals surface area (Å²) in [4.78, 5) is 16.1. The second-order valence-electron chi connectivity index (χ2n) is 4.96. The van der Waals surface area contributed by atoms with Crippen molar-refractivity contribution in [1.29, 1.82) is 0 Å². The molecule has 0 aliphatic carbocycles. The summed E-state index contributed by atoms with van der Waals surface area (Å²) in [5, 5.41) is 2.78. The number of benzene rings is 1. The van der Waals surface area contributed by atoms with Gasteiger partial charge in [-0.05, 0) is 17.7 Å². The molecule has 5 nitrogen and oxygen atoms in total. The zero-order valence-electron chi connectivity index (χ0n) is 10.9. The minimum atomic E-state index is -0.334. The van der Waals surface area contributed by atoms with Gasteiger partial charge >= 0.3 is 0 Å². The van der Waals surface area contributed by atoms with Crippen LogP contribution in [0.2, 0.25) is 0 Å². The van der Waals surface area contributed by atoms with Crippen molar-refractivity contribution in [2.45, 2.75) is 6.54 Å². The number of pyridine rings is 1. The first-order valence-electron chi connectivity index (χ1n) is 6.47. The lowest BCUT2D eigenvalue weighted by Gasteiger charge is -2.08. The Kier molecular flexibility index (Phi) is 2.29. The van der Waals surface area contributed by atoms with Gasteiger partial charge < -0.3 is 11.1 Å². The van der Waals surface area contributed by atoms with Crippen LogP contribution in [0.15, 0.2) is 36.7 Å². The van der Waals surface area contributed by atoms with E-state index in [1.807, 2.05) is 6.07 Å². The van der Waals surface area contributed by atoms with Crippen LogP contribution < -0.4 is 11.1 Å². The van der Waals surface area contributed by atoms with Gasteiger partial charge in [-0.1, -0.05) is 6.07 Å². The van der Waals surface area contributed by atoms with Crippen LogP contribution in [-0.4, -0.2) is 15.3 Å². The van der Waals surface area contributed by atoms with E-state index in [-0.39, 0.29) is 11.7 Å². The summed E-state index contributed by atoms with van der Waals surface area (Å²) >= 11 is 0. The third-order valence-corrected chi connectivity index (χ3v) is 3.75. The maximum absolute atomic E-state index is 13.2. The molecule has 6 heteroatoms. The standard InChI is InChI=1S/C15H11FN4O/c16-8-3-4-20-12(7-18-13(20)5-8)9-1-2-11(17)14-10(9)6-19-15(14)21/h1-5,7H,6,17H2,(H,19,21). The summed E-state index contributed by atoms with van der Waals surface area (Å²) in [5.74, 6) is -0.497. The van der Waals surface area contributed by atoms with Crippen LogP contribution in [-0.2, 0) is 6.54 Å². The van der Waals surface area contributed by atoms with E-state index in [1.165, 1.54) is 12.1 Å². The van der Waals surface area contributed by atoms with Crippen molar-refractivity contribution in [3.05, 3.63) is 53.6 Å². The van der Waals surface area contributed by atoms with Gasteiger partial charge in [0.15, 0.2) is 0 Å². The summed E-state index contributed by atoms with van der Waals surface area (Å²) in [6, 6.07) is 6.31. The van der Waals surface area contributed by atoms with Crippen molar-refractivity contribution in [2.24, 2.45) is 0 Å². The number of hydrogen-bond donors (Lipinski definition) is 2. The van der Waals surface area contributed by atoms with Gasteiger partial charge in [-0.2, -0.15) is 0 Å². The topological polar surface area (TPSA) is 72.4 Å². The number of rotatable bonds is 1. The fourth-order valence-corrected chi connectivity index (χ4v) is 2.77. The number of nitrogen functional groups attached to an aromatic ring is 1. The zero-order chi connectivity index (χ0) is 14.6. The monoisotopic (exact) mass is 282 g/mol. The summed E-state index contributed by atoms with van der Waals surface area (Å²) in [7, 11) is 0. The maximum Gasteiger partial charge on any atom is 0.254 e. The molecule has 0 saturated carbocycles. The number of nitrogens with one attached hydrogen (secondary N) is 1. The molecular formula is C15H11FN4O. The highest BCUT2D eigenvalue weighted by Crippen LogP contribution is 2.33. The molecule has 1 aliphatic heterocycles. The Morgan fingerprint density at radius 3 is 3.05 bits per heavy atom. The minimum absolute atomic E-state index is 0.163. The number of anilines is 1. The van der Waals surface area contributed by atoms with E-state index < -0.39 is 0 Å². The van der Waals surface area contributed by atoms with Crippen LogP contribution in [0.1, 0.15) is 15.9 Å². The number of fused-ring (bicyclic) bond motifs is 2. The minimum Gasteiger partial charge on any atom is -0.398 e. The summed E-state index contributed by atoms with van der Waals surface area (Å²) in [6.45, 7) is 0.434. The average molecular weight is 282 g/mol. The maximum atomic E-state index is 13.2. The molecule has 3 N–H and O–H groups in total. The fourth-order valence-electron chi connectivity index (χ4n) is 2.77. The number of aromatic nitrogens is 2. The molecule has 0 atom stereocenters. The Bertz CT molecular complexity index is 900. The Morgan fingerprint density at radius 2 is 2.19 bits per heavy atom. The lowest BCUT2D eigenvalue weighted by molar-refractivity contribution is 0.0966. The molecule has 2 aromatic heterocycles. The van der Waals surface area contributed by atoms with Gasteiger partial charge in [-0.15, -0.1) is 0 Å². The number of nitrogens with two attached hydrogens (primary N) is 1. The lowest BCUT2D eigenvalue weighted by atomic mass is 9.99. The van der Waals surface area contributed by atoms with E-state index in [4.69, 9.17) is 5.73 Å². The van der Waals surface area contributed by atoms with Gasteiger partial charge in [-0.25, -0.2) is 9.37 Å². The van der Waals surface area contributed by atoms with Crippen molar-refractivity contribution in [3.8, 4) is 11.3 Å². The van der Waals surface area contributed by atoms with Gasteiger partial charge in [0.05, 0.1) is 17.5 Å². The molecule has 21 heavy (non-hydrogen) atoms. The highest BCUT2D eigenvalue weighted by atomic mass is 19.1. The normalized spacial score (nSPS) is 13.5. The smallest absolute Gasteiger partial charge is 0.254 e. The van der Waals surface area contributed by atoms with E-state index in [1.54, 1.807) is 22.9 Å². The molecule has 0 radical (unpaired) electrons. The molecule has 3 heterocycles. The molecule has 1 amide bonds. The van der Waals surface area contributed by atoms with Crippen molar-refractivity contribution >= 4 is 17.2 Å². The Balaban J connectivity index is 2.00. The van der Waals surface area contributed by atoms with Gasteiger partial charge in [0, 0.05) is 30.1 Å². The molecular weight excluding hydrogens is 271 g/mol. The molecule has 0 saturated heterocycles. The number of imidazole rings is 1. The van der Waals surface area contributed by atoms with Gasteiger partial charge in [0.1, 0.15) is 11.5 Å². The van der Waals surface area contributed by atoms with Crippen LogP contribution in [0.25, 0.3) is 16.9 Å². The van der Waals surface area contributed by atoms with Crippen LogP contribution >= 0.6 is 0 Å². The van der Waals surface area contributed by atoms with Gasteiger partial charge in [-0.3, -0.25) is 9.20 Å². The molecule has 4 rings (SSSR count). The first-order chi connectivity index (χ1) is 10.1. The Hall–Kier alpha value is -2.89. The Labute approximate surface area is 119 Å². The molecule has 0 spiro atoms. The van der Waals surface area contributed by atoms with Gasteiger partial charge in [0.25, 0.3) is 5.91 Å². The highest BCUT2D eigenvalue weighted by Gasteiger charge is 2.25. The number of nitrogens with zero attached hydrogens (tertiary/aromatic N) is 2. The zero-order valence-corrected chi connectivity index (χ0v) is 10.9. The number of carbonyl (C=O) groups is 1. The third kappa shape index (κ3) is 1.62. The molecule has 1 aliphatic rings. The van der Waals surface area contributed by atoms with E-state index in [9.17, 15) is 9.18 Å². The molecule has 0 unspecified atom stereocenters. The van der Waals surface area contributed by atoms with Crippen molar-refractivity contribution in [1.82, 2.24) is 14.7 Å². The lowest BCUT2D eigenvalue weighted by Crippen LogP contribution is -2.13. The molecule has 104 valence electrons. The van der Waals surface area contributed by atoms with Crippen molar-refractivity contribution in [3.63, 3.8) is 0 Å². The highest BCUT2D eigenvalue weighted by molar-refractivity contribution is 6.05. The van der Waals surface area contributed by atoms with Crippen LogP contribution in [0, 0.1) is 5.82 Å². The van der Waals surface area contributed by atoms with Crippen LogP contribution in [0.3, 0.4) is 0 Å². The first-order valence-corrected chi connectivity index (χ1v) is 6.47. The second kappa shape index (κ2) is 4.05. The first kappa shape index (κ1) is 11.9. The molecule has 3 aromatic rings. The number of hydrogen-bond acceptors (Lipinski definition) is 3. The third-order valence-electron chi connectivity index (χ3n) is 3.75. The van der Waals surface area contributed by atoms with E-state index in [0.29, 0.717) is 23.4 Å². The predicted molar refractivity (Wildman–Crippen MR) is 76.2 cm³/mol. The summed E-state index contributed by atoms with van der Waals surface area (Å²) in [5.41, 5.74) is 9.91. The quantitative estimate of drug-likeness (QED) is 0.670. The SMILES string of the molecule is Nc1ccc(-c2cnc3cc(F)ccn23)c2c1C(=O)NC2. The predicted octanol–water partition coefficient (Wildman–Crippen LogP) is 1.97. The number of amides is 1. The van der Waals surface area contributed by atoms with Crippen molar-refractivity contribution in [2.75, 3.05) is 5.73 Å². The van der Waals surface area contributed by atoms with E-state index in [2.05, 4.69) is 10.3 Å².